The summed E-state index contributed by atoms with van der Waals surface area (Å²) in [5.74, 6) is -0.662. The zero-order valence-electron chi connectivity index (χ0n) is 34.2. The highest BCUT2D eigenvalue weighted by Gasteiger charge is 2.16. The Morgan fingerprint density at radius 2 is 0.741 bits per heavy atom. The Morgan fingerprint density at radius 3 is 1.13 bits per heavy atom. The molecule has 0 aromatic heterocycles. The summed E-state index contributed by atoms with van der Waals surface area (Å²) < 4.78 is 10.6. The molecule has 0 amide bonds. The number of unbranched alkanes of at least 4 members (excludes halogenated alkanes) is 8. The zero-order valence-corrected chi connectivity index (χ0v) is 34.2. The zero-order chi connectivity index (χ0) is 39.3. The highest BCUT2D eigenvalue weighted by molar-refractivity contribution is 5.70. The van der Waals surface area contributed by atoms with E-state index < -0.39 is 6.10 Å². The lowest BCUT2D eigenvalue weighted by Gasteiger charge is -2.15. The third-order valence-electron chi connectivity index (χ3n) is 8.25. The summed E-state index contributed by atoms with van der Waals surface area (Å²) in [5.41, 5.74) is 0. The van der Waals surface area contributed by atoms with Crippen molar-refractivity contribution in [2.45, 2.75) is 161 Å². The highest BCUT2D eigenvalue weighted by atomic mass is 16.6. The van der Waals surface area contributed by atoms with Crippen LogP contribution < -0.4 is 0 Å². The molecule has 0 radical (unpaired) electrons. The second-order valence-corrected chi connectivity index (χ2v) is 13.3. The van der Waals surface area contributed by atoms with Gasteiger partial charge < -0.3 is 14.6 Å². The Labute approximate surface area is 331 Å². The lowest BCUT2D eigenvalue weighted by Crippen LogP contribution is -2.28. The molecule has 302 valence electrons. The van der Waals surface area contributed by atoms with Crippen LogP contribution in [0.4, 0.5) is 0 Å². The Balaban J connectivity index is 3.69. The van der Waals surface area contributed by atoms with Crippen molar-refractivity contribution in [2.75, 3.05) is 13.2 Å². The molecule has 5 heteroatoms. The fraction of sp³-hybridized carbons (Fsp3) is 0.551. The van der Waals surface area contributed by atoms with Gasteiger partial charge in [0.1, 0.15) is 6.61 Å². The van der Waals surface area contributed by atoms with Gasteiger partial charge in [0, 0.05) is 12.8 Å². The molecule has 0 saturated carbocycles. The van der Waals surface area contributed by atoms with Crippen molar-refractivity contribution in [3.63, 3.8) is 0 Å². The van der Waals surface area contributed by atoms with E-state index in [0.29, 0.717) is 12.8 Å². The first-order valence-corrected chi connectivity index (χ1v) is 21.1. The maximum absolute atomic E-state index is 12.2. The molecule has 0 spiro atoms. The molecule has 0 aliphatic rings. The van der Waals surface area contributed by atoms with Gasteiger partial charge in [-0.05, 0) is 103 Å². The molecule has 1 N–H and O–H groups in total. The van der Waals surface area contributed by atoms with Gasteiger partial charge >= 0.3 is 11.9 Å². The van der Waals surface area contributed by atoms with Crippen molar-refractivity contribution in [1.29, 1.82) is 0 Å². The number of esters is 2. The van der Waals surface area contributed by atoms with Gasteiger partial charge in [-0.2, -0.15) is 0 Å². The van der Waals surface area contributed by atoms with Crippen LogP contribution in [0.25, 0.3) is 0 Å². The van der Waals surface area contributed by atoms with E-state index in [1.807, 2.05) is 0 Å². The predicted molar refractivity (Wildman–Crippen MR) is 232 cm³/mol. The lowest BCUT2D eigenvalue weighted by atomic mass is 10.1. The number of carbonyl (C=O) groups is 2. The maximum atomic E-state index is 12.2. The molecule has 0 aliphatic carbocycles. The topological polar surface area (TPSA) is 72.8 Å². The standard InChI is InChI=1S/C49H76O5/c1-3-5-7-9-11-13-15-17-18-19-20-21-22-23-24-25-26-27-28-29-30-32-34-36-38-40-42-44-49(52)54-47(45-50)46-53-48(51)43-41-39-37-35-33-31-16-14-12-10-8-6-4-2/h5-8,11-14,17-18,20-21,23-24,26-27,29-31,33,47,50H,3-4,9-10,15-16,19,22,25,28,32,34-46H2,1-2H3/b7-5-,8-6-,13-11-,14-12-,18-17-,21-20-,24-23-,27-26-,30-29-,33-31-. The highest BCUT2D eigenvalue weighted by Crippen LogP contribution is 2.10. The number of carbonyl (C=O) groups excluding carboxylic acids is 2. The predicted octanol–water partition coefficient (Wildman–Crippen LogP) is 13.6. The molecule has 0 rings (SSSR count). The van der Waals surface area contributed by atoms with E-state index in [1.165, 1.54) is 0 Å². The molecule has 0 aliphatic heterocycles. The lowest BCUT2D eigenvalue weighted by molar-refractivity contribution is -0.161. The number of rotatable bonds is 36. The maximum Gasteiger partial charge on any atom is 0.306 e. The van der Waals surface area contributed by atoms with E-state index in [-0.39, 0.29) is 25.2 Å². The average Bonchev–Trinajstić information content (AvgIpc) is 3.17. The fourth-order valence-electron chi connectivity index (χ4n) is 5.13. The normalized spacial score (nSPS) is 13.5. The number of hydrogen-bond acceptors (Lipinski definition) is 5. The van der Waals surface area contributed by atoms with Crippen LogP contribution in [-0.4, -0.2) is 36.4 Å². The summed E-state index contributed by atoms with van der Waals surface area (Å²) in [5, 5.41) is 9.56. The average molecular weight is 745 g/mol. The molecule has 1 atom stereocenters. The monoisotopic (exact) mass is 745 g/mol. The number of aliphatic hydroxyl groups excluding tert-OH is 1. The van der Waals surface area contributed by atoms with Gasteiger partial charge in [0.2, 0.25) is 0 Å². The van der Waals surface area contributed by atoms with Crippen molar-refractivity contribution in [3.05, 3.63) is 122 Å². The van der Waals surface area contributed by atoms with Gasteiger partial charge in [-0.25, -0.2) is 0 Å². The van der Waals surface area contributed by atoms with Gasteiger partial charge in [0.25, 0.3) is 0 Å². The summed E-state index contributed by atoms with van der Waals surface area (Å²) in [4.78, 5) is 24.3. The van der Waals surface area contributed by atoms with Crippen LogP contribution in [0.1, 0.15) is 155 Å². The number of ether oxygens (including phenoxy) is 2. The minimum Gasteiger partial charge on any atom is -0.462 e. The molecular weight excluding hydrogens is 669 g/mol. The second-order valence-electron chi connectivity index (χ2n) is 13.3. The van der Waals surface area contributed by atoms with Crippen molar-refractivity contribution in [3.8, 4) is 0 Å². The van der Waals surface area contributed by atoms with Crippen molar-refractivity contribution >= 4 is 11.9 Å². The first-order chi connectivity index (χ1) is 26.6. The quantitative estimate of drug-likeness (QED) is 0.0393. The van der Waals surface area contributed by atoms with E-state index in [9.17, 15) is 14.7 Å². The second kappa shape index (κ2) is 43.7. The van der Waals surface area contributed by atoms with Crippen molar-refractivity contribution in [2.24, 2.45) is 0 Å². The van der Waals surface area contributed by atoms with E-state index >= 15 is 0 Å². The Hall–Kier alpha value is -3.70. The first kappa shape index (κ1) is 50.3. The van der Waals surface area contributed by atoms with Gasteiger partial charge in [0.05, 0.1) is 6.61 Å². The first-order valence-electron chi connectivity index (χ1n) is 21.1. The van der Waals surface area contributed by atoms with E-state index in [1.54, 1.807) is 0 Å². The van der Waals surface area contributed by atoms with E-state index in [4.69, 9.17) is 9.47 Å². The Kier molecular flexibility index (Phi) is 40.7. The SMILES string of the molecule is CC/C=C\C/C=C\C/C=C\C/C=C\C/C=C\C/C=C\C/C=C\CCCCCCCC(=O)OC(CO)COC(=O)CCCCC/C=C\C/C=C\C/C=C\CC. The molecule has 0 aromatic rings. The van der Waals surface area contributed by atoms with Crippen LogP contribution in [0.5, 0.6) is 0 Å². The number of allylic oxidation sites excluding steroid dienone is 20. The van der Waals surface area contributed by atoms with Crippen LogP contribution in [-0.2, 0) is 19.1 Å². The third-order valence-corrected chi connectivity index (χ3v) is 8.25. The molecule has 0 bridgehead atoms. The molecule has 1 unspecified atom stereocenters. The van der Waals surface area contributed by atoms with Gasteiger partial charge in [0.15, 0.2) is 6.10 Å². The van der Waals surface area contributed by atoms with E-state index in [0.717, 1.165) is 128 Å². The minimum atomic E-state index is -0.803. The summed E-state index contributed by atoms with van der Waals surface area (Å²) in [6.07, 6.45) is 64.1. The van der Waals surface area contributed by atoms with E-state index in [2.05, 4.69) is 135 Å². The Morgan fingerprint density at radius 1 is 0.426 bits per heavy atom. The van der Waals surface area contributed by atoms with Crippen LogP contribution in [0.3, 0.4) is 0 Å². The van der Waals surface area contributed by atoms with Crippen LogP contribution in [0.2, 0.25) is 0 Å². The van der Waals surface area contributed by atoms with Crippen molar-refractivity contribution < 1.29 is 24.2 Å². The van der Waals surface area contributed by atoms with Gasteiger partial charge in [-0.1, -0.05) is 161 Å². The summed E-state index contributed by atoms with van der Waals surface area (Å²) in [6, 6.07) is 0. The molecule has 54 heavy (non-hydrogen) atoms. The Bertz CT molecular complexity index is 1160. The van der Waals surface area contributed by atoms with Crippen LogP contribution in [0.15, 0.2) is 122 Å². The molecule has 0 aromatic carbocycles. The number of hydrogen-bond donors (Lipinski definition) is 1. The number of aliphatic hydroxyl groups is 1. The minimum absolute atomic E-state index is 0.0980. The van der Waals surface area contributed by atoms with Gasteiger partial charge in [-0.15, -0.1) is 0 Å². The smallest absolute Gasteiger partial charge is 0.306 e. The summed E-state index contributed by atoms with van der Waals surface area (Å²) in [7, 11) is 0. The fourth-order valence-corrected chi connectivity index (χ4v) is 5.13. The summed E-state index contributed by atoms with van der Waals surface area (Å²) >= 11 is 0. The third kappa shape index (κ3) is 41.1. The van der Waals surface area contributed by atoms with Gasteiger partial charge in [-0.3, -0.25) is 9.59 Å². The summed E-state index contributed by atoms with van der Waals surface area (Å²) in [6.45, 7) is 3.84. The largest absolute Gasteiger partial charge is 0.462 e. The van der Waals surface area contributed by atoms with Crippen LogP contribution >= 0.6 is 0 Å². The van der Waals surface area contributed by atoms with Crippen LogP contribution in [0, 0.1) is 0 Å². The molecule has 5 nitrogen and oxygen atoms in total. The molecule has 0 saturated heterocycles. The molecular formula is C49H76O5. The van der Waals surface area contributed by atoms with Crippen molar-refractivity contribution in [1.82, 2.24) is 0 Å². The molecule has 0 fully saturated rings. The molecule has 0 heterocycles.